The van der Waals surface area contributed by atoms with Gasteiger partial charge in [0.05, 0.1) is 11.9 Å². The third-order valence-electron chi connectivity index (χ3n) is 1.06. The number of aromatic nitrogens is 2. The van der Waals surface area contributed by atoms with Gasteiger partial charge in [0.15, 0.2) is 0 Å². The molecule has 0 saturated heterocycles. The number of hydrogen-bond donors (Lipinski definition) is 1. The maximum Gasteiger partial charge on any atom is 0.0831 e. The number of aromatic amines is 1. The predicted octanol–water partition coefficient (Wildman–Crippen LogP) is 1.33. The molecule has 0 saturated carbocycles. The third kappa shape index (κ3) is 0.886. The van der Waals surface area contributed by atoms with Crippen LogP contribution in [0.25, 0.3) is 0 Å². The predicted molar refractivity (Wildman–Crippen MR) is 31.5 cm³/mol. The second-order valence-electron chi connectivity index (χ2n) is 2.09. The lowest BCUT2D eigenvalue weighted by Crippen LogP contribution is -1.85. The summed E-state index contributed by atoms with van der Waals surface area (Å²) in [7, 11) is 0. The highest BCUT2D eigenvalue weighted by atomic mass is 15.1. The minimum absolute atomic E-state index is 0.512. The van der Waals surface area contributed by atoms with Crippen molar-refractivity contribution < 1.29 is 0 Å². The molecule has 0 bridgehead atoms. The van der Waals surface area contributed by atoms with E-state index in [1.807, 2.05) is 6.07 Å². The van der Waals surface area contributed by atoms with Gasteiger partial charge in [-0.05, 0) is 12.0 Å². The van der Waals surface area contributed by atoms with Gasteiger partial charge in [0, 0.05) is 0 Å². The Morgan fingerprint density at radius 2 is 2.50 bits per heavy atom. The molecule has 1 heterocycles. The Morgan fingerprint density at radius 3 is 2.75 bits per heavy atom. The molecule has 0 aliphatic rings. The van der Waals surface area contributed by atoms with Gasteiger partial charge in [0.25, 0.3) is 0 Å². The maximum absolute atomic E-state index is 3.94. The van der Waals surface area contributed by atoms with E-state index >= 15 is 0 Å². The van der Waals surface area contributed by atoms with Gasteiger partial charge in [-0.2, -0.15) is 5.10 Å². The first-order chi connectivity index (χ1) is 3.80. The zero-order valence-corrected chi connectivity index (χ0v) is 5.10. The van der Waals surface area contributed by atoms with Crippen LogP contribution >= 0.6 is 0 Å². The normalized spacial score (nSPS) is 10.4. The number of H-pyrrole nitrogens is 1. The summed E-state index contributed by atoms with van der Waals surface area (Å²) in [4.78, 5) is 0. The molecule has 0 aliphatic carbocycles. The molecule has 1 aromatic rings. The van der Waals surface area contributed by atoms with Crippen molar-refractivity contribution in [3.05, 3.63) is 18.0 Å². The van der Waals surface area contributed by atoms with Crippen LogP contribution in [-0.2, 0) is 0 Å². The van der Waals surface area contributed by atoms with Crippen molar-refractivity contribution in [2.45, 2.75) is 19.8 Å². The average Bonchev–Trinajstić information content (AvgIpc) is 2.12. The highest BCUT2D eigenvalue weighted by Gasteiger charge is 1.97. The second-order valence-corrected chi connectivity index (χ2v) is 2.09. The molecule has 43 valence electrons. The number of hydrogen-bond acceptors (Lipinski definition) is 1. The molecule has 8 heavy (non-hydrogen) atoms. The van der Waals surface area contributed by atoms with E-state index < -0.39 is 0 Å². The SMILES string of the molecule is CC(C)c1c[c][nH]n1. The summed E-state index contributed by atoms with van der Waals surface area (Å²) >= 11 is 0. The van der Waals surface area contributed by atoms with E-state index in [4.69, 9.17) is 0 Å². The van der Waals surface area contributed by atoms with Crippen molar-refractivity contribution in [1.82, 2.24) is 10.2 Å². The van der Waals surface area contributed by atoms with Crippen molar-refractivity contribution in [3.63, 3.8) is 0 Å². The largest absolute Gasteiger partial charge is 0.276 e. The monoisotopic (exact) mass is 109 g/mol. The molecule has 0 fully saturated rings. The van der Waals surface area contributed by atoms with Gasteiger partial charge in [0.1, 0.15) is 0 Å². The molecule has 0 spiro atoms. The molecule has 0 unspecified atom stereocenters. The molecule has 0 atom stereocenters. The lowest BCUT2D eigenvalue weighted by Gasteiger charge is -1.93. The Balaban J connectivity index is 2.77. The van der Waals surface area contributed by atoms with E-state index in [9.17, 15) is 0 Å². The fourth-order valence-corrected chi connectivity index (χ4v) is 0.531. The second kappa shape index (κ2) is 1.99. The maximum atomic E-state index is 3.94. The molecule has 0 amide bonds. The van der Waals surface area contributed by atoms with Crippen molar-refractivity contribution in [3.8, 4) is 0 Å². The molecule has 1 radical (unpaired) electrons. The zero-order valence-electron chi connectivity index (χ0n) is 5.10. The molecule has 0 aromatic carbocycles. The summed E-state index contributed by atoms with van der Waals surface area (Å²) in [5, 5.41) is 6.57. The Hall–Kier alpha value is -0.790. The molecule has 1 N–H and O–H groups in total. The van der Waals surface area contributed by atoms with E-state index in [-0.39, 0.29) is 0 Å². The Morgan fingerprint density at radius 1 is 1.75 bits per heavy atom. The van der Waals surface area contributed by atoms with Crippen molar-refractivity contribution in [1.29, 1.82) is 0 Å². The summed E-state index contributed by atoms with van der Waals surface area (Å²) in [6.07, 6.45) is 2.77. The summed E-state index contributed by atoms with van der Waals surface area (Å²) in [5.41, 5.74) is 1.07. The van der Waals surface area contributed by atoms with Gasteiger partial charge in [-0.15, -0.1) is 0 Å². The standard InChI is InChI=1S/C6H9N2/c1-5(2)6-3-4-7-8-6/h3,5H,1-2H3,(H,7,8). The van der Waals surface area contributed by atoms with Crippen LogP contribution in [-0.4, -0.2) is 10.2 Å². The summed E-state index contributed by atoms with van der Waals surface area (Å²) in [5.74, 6) is 0.512. The zero-order chi connectivity index (χ0) is 5.98. The lowest BCUT2D eigenvalue weighted by molar-refractivity contribution is 0.810. The quantitative estimate of drug-likeness (QED) is 0.579. The topological polar surface area (TPSA) is 28.7 Å². The van der Waals surface area contributed by atoms with Crippen molar-refractivity contribution >= 4 is 0 Å². The van der Waals surface area contributed by atoms with E-state index in [2.05, 4.69) is 30.2 Å². The molecule has 2 heteroatoms. The Kier molecular flexibility index (Phi) is 1.33. The summed E-state index contributed by atoms with van der Waals surface area (Å²) in [6, 6.07) is 1.87. The molecule has 1 rings (SSSR count). The van der Waals surface area contributed by atoms with Gasteiger partial charge in [-0.3, -0.25) is 5.10 Å². The van der Waals surface area contributed by atoms with Crippen LogP contribution in [0, 0.1) is 6.20 Å². The smallest absolute Gasteiger partial charge is 0.0831 e. The fourth-order valence-electron chi connectivity index (χ4n) is 0.531. The minimum Gasteiger partial charge on any atom is -0.276 e. The van der Waals surface area contributed by atoms with E-state index in [0.717, 1.165) is 5.69 Å². The van der Waals surface area contributed by atoms with Gasteiger partial charge >= 0.3 is 0 Å². The van der Waals surface area contributed by atoms with Crippen molar-refractivity contribution in [2.75, 3.05) is 0 Å². The Bertz CT molecular complexity index is 142. The Labute approximate surface area is 48.9 Å². The number of nitrogens with one attached hydrogen (secondary N) is 1. The van der Waals surface area contributed by atoms with Gasteiger partial charge in [-0.1, -0.05) is 13.8 Å². The van der Waals surface area contributed by atoms with Gasteiger partial charge < -0.3 is 0 Å². The first kappa shape index (κ1) is 5.35. The van der Waals surface area contributed by atoms with Crippen LogP contribution < -0.4 is 0 Å². The van der Waals surface area contributed by atoms with Gasteiger partial charge in [0.2, 0.25) is 0 Å². The molecular formula is C6H9N2. The fraction of sp³-hybridized carbons (Fsp3) is 0.500. The number of nitrogens with zero attached hydrogens (tertiary/aromatic N) is 1. The van der Waals surface area contributed by atoms with Crippen molar-refractivity contribution in [2.24, 2.45) is 0 Å². The highest BCUT2D eigenvalue weighted by molar-refractivity contribution is 5.00. The van der Waals surface area contributed by atoms with E-state index in [1.54, 1.807) is 0 Å². The highest BCUT2D eigenvalue weighted by Crippen LogP contribution is 2.07. The third-order valence-corrected chi connectivity index (χ3v) is 1.06. The average molecular weight is 109 g/mol. The molecule has 0 aliphatic heterocycles. The van der Waals surface area contributed by atoms with Crippen LogP contribution in [0.4, 0.5) is 0 Å². The van der Waals surface area contributed by atoms with Crippen LogP contribution in [0.3, 0.4) is 0 Å². The van der Waals surface area contributed by atoms with Gasteiger partial charge in [-0.25, -0.2) is 0 Å². The molecular weight excluding hydrogens is 100 g/mol. The van der Waals surface area contributed by atoms with Crippen LogP contribution in [0.1, 0.15) is 25.5 Å². The van der Waals surface area contributed by atoms with Crippen LogP contribution in [0.15, 0.2) is 6.07 Å². The van der Waals surface area contributed by atoms with Crippen LogP contribution in [0.5, 0.6) is 0 Å². The van der Waals surface area contributed by atoms with E-state index in [0.29, 0.717) is 5.92 Å². The first-order valence-electron chi connectivity index (χ1n) is 2.72. The number of rotatable bonds is 1. The minimum atomic E-state index is 0.512. The lowest BCUT2D eigenvalue weighted by atomic mass is 10.1. The molecule has 1 aromatic heterocycles. The summed E-state index contributed by atoms with van der Waals surface area (Å²) < 4.78 is 0. The first-order valence-corrected chi connectivity index (χ1v) is 2.72. The summed E-state index contributed by atoms with van der Waals surface area (Å²) in [6.45, 7) is 4.20. The van der Waals surface area contributed by atoms with E-state index in [1.165, 1.54) is 0 Å². The molecule has 2 nitrogen and oxygen atoms in total. The van der Waals surface area contributed by atoms with Crippen LogP contribution in [0.2, 0.25) is 0 Å².